The Morgan fingerprint density at radius 3 is 2.73 bits per heavy atom. The molecular formula is C16H22N2O4. The fraction of sp³-hybridized carbons (Fsp3) is 0.562. The highest BCUT2D eigenvalue weighted by Crippen LogP contribution is 2.37. The highest BCUT2D eigenvalue weighted by atomic mass is 16.7. The molecule has 1 aromatic carbocycles. The fourth-order valence-corrected chi connectivity index (χ4v) is 3.21. The second-order valence-electron chi connectivity index (χ2n) is 5.71. The van der Waals surface area contributed by atoms with Gasteiger partial charge in [-0.05, 0) is 24.0 Å². The summed E-state index contributed by atoms with van der Waals surface area (Å²) in [5, 5.41) is 15.1. The van der Waals surface area contributed by atoms with Crippen LogP contribution >= 0.6 is 0 Å². The van der Waals surface area contributed by atoms with Gasteiger partial charge in [-0.1, -0.05) is 24.3 Å². The monoisotopic (exact) mass is 306 g/mol. The molecule has 0 radical (unpaired) electrons. The van der Waals surface area contributed by atoms with Gasteiger partial charge in [0.15, 0.2) is 5.79 Å². The van der Waals surface area contributed by atoms with Gasteiger partial charge in [0.1, 0.15) is 0 Å². The van der Waals surface area contributed by atoms with Crippen molar-refractivity contribution in [2.75, 3.05) is 13.2 Å². The highest BCUT2D eigenvalue weighted by Gasteiger charge is 2.48. The van der Waals surface area contributed by atoms with Gasteiger partial charge in [0.2, 0.25) is 0 Å². The Balaban J connectivity index is 1.54. The van der Waals surface area contributed by atoms with Gasteiger partial charge < -0.3 is 25.2 Å². The van der Waals surface area contributed by atoms with Crippen LogP contribution < -0.4 is 10.6 Å². The minimum Gasteiger partial charge on any atom is -0.392 e. The van der Waals surface area contributed by atoms with Crippen LogP contribution in [0, 0.1) is 0 Å². The zero-order valence-corrected chi connectivity index (χ0v) is 12.5. The van der Waals surface area contributed by atoms with E-state index in [0.29, 0.717) is 19.8 Å². The summed E-state index contributed by atoms with van der Waals surface area (Å²) in [7, 11) is 0. The van der Waals surface area contributed by atoms with E-state index in [4.69, 9.17) is 9.47 Å². The van der Waals surface area contributed by atoms with E-state index in [9.17, 15) is 9.90 Å². The SMILES string of the molecule is O=C(NCc1ccccc1CO)NC1CCCC12OCCO2. The summed E-state index contributed by atoms with van der Waals surface area (Å²) in [6.45, 7) is 1.52. The highest BCUT2D eigenvalue weighted by molar-refractivity contribution is 5.74. The van der Waals surface area contributed by atoms with E-state index in [1.165, 1.54) is 0 Å². The van der Waals surface area contributed by atoms with Crippen molar-refractivity contribution in [2.45, 2.75) is 44.2 Å². The zero-order chi connectivity index (χ0) is 15.4. The summed E-state index contributed by atoms with van der Waals surface area (Å²) in [5.74, 6) is -0.625. The lowest BCUT2D eigenvalue weighted by Gasteiger charge is -2.29. The number of ether oxygens (including phenoxy) is 2. The summed E-state index contributed by atoms with van der Waals surface area (Å²) >= 11 is 0. The molecule has 0 bridgehead atoms. The Morgan fingerprint density at radius 1 is 1.27 bits per heavy atom. The maximum atomic E-state index is 12.1. The molecule has 1 aliphatic heterocycles. The van der Waals surface area contributed by atoms with Crippen molar-refractivity contribution in [1.82, 2.24) is 10.6 Å². The number of carbonyl (C=O) groups is 1. The molecule has 0 aromatic heterocycles. The van der Waals surface area contributed by atoms with Crippen molar-refractivity contribution in [3.8, 4) is 0 Å². The molecule has 1 heterocycles. The largest absolute Gasteiger partial charge is 0.392 e. The first-order valence-electron chi connectivity index (χ1n) is 7.73. The first kappa shape index (κ1) is 15.3. The van der Waals surface area contributed by atoms with Gasteiger partial charge >= 0.3 is 6.03 Å². The van der Waals surface area contributed by atoms with E-state index in [1.807, 2.05) is 24.3 Å². The first-order valence-corrected chi connectivity index (χ1v) is 7.73. The summed E-state index contributed by atoms with van der Waals surface area (Å²) < 4.78 is 11.4. The van der Waals surface area contributed by atoms with Gasteiger partial charge in [-0.3, -0.25) is 0 Å². The molecule has 3 N–H and O–H groups in total. The number of aliphatic hydroxyl groups excluding tert-OH is 1. The van der Waals surface area contributed by atoms with Gasteiger partial charge in [-0.25, -0.2) is 4.79 Å². The number of carbonyl (C=O) groups excluding carboxylic acids is 1. The van der Waals surface area contributed by atoms with Crippen LogP contribution in [0.4, 0.5) is 4.79 Å². The number of hydrogen-bond donors (Lipinski definition) is 3. The van der Waals surface area contributed by atoms with Gasteiger partial charge in [0.25, 0.3) is 0 Å². The second-order valence-corrected chi connectivity index (χ2v) is 5.71. The van der Waals surface area contributed by atoms with Crippen LogP contribution in [0.1, 0.15) is 30.4 Å². The standard InChI is InChI=1S/C16H22N2O4/c19-11-13-5-2-1-4-12(13)10-17-15(20)18-14-6-3-7-16(14)21-8-9-22-16/h1-2,4-5,14,19H,3,6-11H2,(H2,17,18,20). The summed E-state index contributed by atoms with van der Waals surface area (Å²) in [6.07, 6.45) is 2.67. The Bertz CT molecular complexity index is 523. The van der Waals surface area contributed by atoms with Crippen LogP contribution in [0.2, 0.25) is 0 Å². The van der Waals surface area contributed by atoms with Crippen LogP contribution in [0.25, 0.3) is 0 Å². The normalized spacial score (nSPS) is 22.9. The molecule has 1 unspecified atom stereocenters. The summed E-state index contributed by atoms with van der Waals surface area (Å²) in [4.78, 5) is 12.1. The fourth-order valence-electron chi connectivity index (χ4n) is 3.21. The summed E-state index contributed by atoms with van der Waals surface area (Å²) in [6, 6.07) is 7.15. The topological polar surface area (TPSA) is 79.8 Å². The maximum absolute atomic E-state index is 12.1. The molecule has 2 aliphatic rings. The molecule has 22 heavy (non-hydrogen) atoms. The van der Waals surface area contributed by atoms with Crippen molar-refractivity contribution >= 4 is 6.03 Å². The second kappa shape index (κ2) is 6.64. The third kappa shape index (κ3) is 3.09. The van der Waals surface area contributed by atoms with E-state index in [2.05, 4.69) is 10.6 Å². The van der Waals surface area contributed by atoms with Crippen molar-refractivity contribution in [1.29, 1.82) is 0 Å². The van der Waals surface area contributed by atoms with Crippen LogP contribution in [-0.4, -0.2) is 36.2 Å². The third-order valence-corrected chi connectivity index (χ3v) is 4.36. The Morgan fingerprint density at radius 2 is 2.00 bits per heavy atom. The number of amides is 2. The van der Waals surface area contributed by atoms with E-state index in [-0.39, 0.29) is 18.7 Å². The van der Waals surface area contributed by atoms with E-state index in [0.717, 1.165) is 30.4 Å². The number of nitrogens with one attached hydrogen (secondary N) is 2. The zero-order valence-electron chi connectivity index (χ0n) is 12.5. The lowest BCUT2D eigenvalue weighted by molar-refractivity contribution is -0.164. The summed E-state index contributed by atoms with van der Waals surface area (Å²) in [5.41, 5.74) is 1.73. The van der Waals surface area contributed by atoms with Crippen LogP contribution in [0.15, 0.2) is 24.3 Å². The molecule has 1 aliphatic carbocycles. The van der Waals surface area contributed by atoms with Crippen LogP contribution in [0.3, 0.4) is 0 Å². The van der Waals surface area contributed by atoms with Crippen molar-refractivity contribution in [3.63, 3.8) is 0 Å². The number of urea groups is 1. The predicted octanol–water partition coefficient (Wildman–Crippen LogP) is 1.27. The number of hydrogen-bond acceptors (Lipinski definition) is 4. The van der Waals surface area contributed by atoms with Crippen molar-refractivity contribution in [3.05, 3.63) is 35.4 Å². The minimum atomic E-state index is -0.625. The quantitative estimate of drug-likeness (QED) is 0.783. The third-order valence-electron chi connectivity index (χ3n) is 4.36. The molecule has 1 atom stereocenters. The average molecular weight is 306 g/mol. The molecule has 1 spiro atoms. The van der Waals surface area contributed by atoms with Crippen LogP contribution in [0.5, 0.6) is 0 Å². The number of aliphatic hydroxyl groups is 1. The molecule has 6 heteroatoms. The minimum absolute atomic E-state index is 0.0348. The smallest absolute Gasteiger partial charge is 0.315 e. The van der Waals surface area contributed by atoms with E-state index < -0.39 is 5.79 Å². The van der Waals surface area contributed by atoms with Crippen molar-refractivity contribution < 1.29 is 19.4 Å². The molecule has 1 saturated carbocycles. The van der Waals surface area contributed by atoms with Gasteiger partial charge in [0, 0.05) is 13.0 Å². The maximum Gasteiger partial charge on any atom is 0.315 e. The van der Waals surface area contributed by atoms with Crippen molar-refractivity contribution in [2.24, 2.45) is 0 Å². The van der Waals surface area contributed by atoms with Gasteiger partial charge in [-0.15, -0.1) is 0 Å². The molecule has 1 saturated heterocycles. The lowest BCUT2D eigenvalue weighted by Crippen LogP contribution is -2.52. The predicted molar refractivity (Wildman–Crippen MR) is 80.0 cm³/mol. The molecular weight excluding hydrogens is 284 g/mol. The number of benzene rings is 1. The first-order chi connectivity index (χ1) is 10.7. The van der Waals surface area contributed by atoms with E-state index >= 15 is 0 Å². The molecule has 3 rings (SSSR count). The average Bonchev–Trinajstić information content (AvgIpc) is 3.17. The van der Waals surface area contributed by atoms with Gasteiger partial charge in [-0.2, -0.15) is 0 Å². The molecule has 2 amide bonds. The Labute approximate surface area is 129 Å². The van der Waals surface area contributed by atoms with E-state index in [1.54, 1.807) is 0 Å². The Kier molecular flexibility index (Phi) is 4.61. The molecule has 1 aromatic rings. The molecule has 6 nitrogen and oxygen atoms in total. The van der Waals surface area contributed by atoms with Gasteiger partial charge in [0.05, 0.1) is 25.9 Å². The Hall–Kier alpha value is -1.63. The number of rotatable bonds is 4. The lowest BCUT2D eigenvalue weighted by atomic mass is 10.1. The van der Waals surface area contributed by atoms with Crippen LogP contribution in [-0.2, 0) is 22.6 Å². The molecule has 2 fully saturated rings. The molecule has 120 valence electrons.